The summed E-state index contributed by atoms with van der Waals surface area (Å²) in [6, 6.07) is 0. The van der Waals surface area contributed by atoms with Crippen molar-refractivity contribution in [3.05, 3.63) is 109 Å². The maximum Gasteiger partial charge on any atom is 0.306 e. The molecule has 0 aromatic heterocycles. The summed E-state index contributed by atoms with van der Waals surface area (Å²) in [6.45, 7) is 6.53. The molecular formula is C66H110O6. The van der Waals surface area contributed by atoms with Gasteiger partial charge in [-0.3, -0.25) is 14.4 Å². The molecule has 0 bridgehead atoms. The molecule has 0 saturated carbocycles. The Bertz CT molecular complexity index is 1470. The second-order valence-corrected chi connectivity index (χ2v) is 19.5. The van der Waals surface area contributed by atoms with Crippen LogP contribution in [-0.4, -0.2) is 37.2 Å². The minimum absolute atomic E-state index is 0.107. The highest BCUT2D eigenvalue weighted by molar-refractivity contribution is 5.71. The molecule has 0 unspecified atom stereocenters. The smallest absolute Gasteiger partial charge is 0.306 e. The normalized spacial score (nSPS) is 12.9. The summed E-state index contributed by atoms with van der Waals surface area (Å²) < 4.78 is 16.8. The van der Waals surface area contributed by atoms with Gasteiger partial charge in [-0.25, -0.2) is 0 Å². The first-order valence-corrected chi connectivity index (χ1v) is 29.9. The van der Waals surface area contributed by atoms with E-state index in [0.717, 1.165) is 122 Å². The van der Waals surface area contributed by atoms with Crippen molar-refractivity contribution in [2.24, 2.45) is 0 Å². The van der Waals surface area contributed by atoms with Crippen LogP contribution in [0.5, 0.6) is 0 Å². The van der Waals surface area contributed by atoms with Crippen LogP contribution in [0.3, 0.4) is 0 Å². The van der Waals surface area contributed by atoms with Crippen molar-refractivity contribution in [3.8, 4) is 0 Å². The summed E-state index contributed by atoms with van der Waals surface area (Å²) in [5, 5.41) is 0. The zero-order valence-electron chi connectivity index (χ0n) is 46.9. The highest BCUT2D eigenvalue weighted by Crippen LogP contribution is 2.13. The van der Waals surface area contributed by atoms with Gasteiger partial charge in [0.15, 0.2) is 6.10 Å². The van der Waals surface area contributed by atoms with Gasteiger partial charge in [0.2, 0.25) is 0 Å². The molecule has 6 heteroatoms. The van der Waals surface area contributed by atoms with E-state index in [-0.39, 0.29) is 37.5 Å². The molecule has 0 aliphatic carbocycles. The monoisotopic (exact) mass is 999 g/mol. The molecule has 0 N–H and O–H groups in total. The predicted molar refractivity (Wildman–Crippen MR) is 311 cm³/mol. The van der Waals surface area contributed by atoms with Gasteiger partial charge in [0.25, 0.3) is 0 Å². The van der Waals surface area contributed by atoms with Gasteiger partial charge < -0.3 is 14.2 Å². The van der Waals surface area contributed by atoms with Crippen LogP contribution in [0.1, 0.15) is 271 Å². The van der Waals surface area contributed by atoms with Crippen LogP contribution < -0.4 is 0 Å². The van der Waals surface area contributed by atoms with E-state index in [1.165, 1.54) is 109 Å². The topological polar surface area (TPSA) is 78.9 Å². The molecule has 6 nitrogen and oxygen atoms in total. The number of esters is 3. The standard InChI is InChI=1S/C66H110O6/c1-4-7-10-13-16-19-22-25-28-31-33-35-38-41-44-47-50-53-56-59-65(68)71-62-63(61-70-64(67)58-55-52-49-46-43-40-37-30-27-24-21-18-15-12-9-6-3)72-66(69)60-57-54-51-48-45-42-39-36-34-32-29-26-23-20-17-14-11-8-5-2/h16-17,19-20,25-26,28-30,33-37,41-42,44-45,63H,4-15,18,21-24,27,31-32,38-40,43,46-62H2,1-3H3/b19-16-,20-17-,28-25-,29-26-,35-33-,36-34-,37-30-,44-41-,45-42-/t63-/m1/s1. The van der Waals surface area contributed by atoms with Gasteiger partial charge in [-0.05, 0) is 135 Å². The molecule has 410 valence electrons. The molecule has 1 atom stereocenters. The first-order valence-electron chi connectivity index (χ1n) is 29.9. The fraction of sp³-hybridized carbons (Fsp3) is 0.682. The van der Waals surface area contributed by atoms with Crippen molar-refractivity contribution >= 4 is 17.9 Å². The highest BCUT2D eigenvalue weighted by atomic mass is 16.6. The van der Waals surface area contributed by atoms with E-state index in [2.05, 4.69) is 130 Å². The van der Waals surface area contributed by atoms with Crippen LogP contribution in [0, 0.1) is 0 Å². The van der Waals surface area contributed by atoms with E-state index in [4.69, 9.17) is 14.2 Å². The first kappa shape index (κ1) is 68.1. The lowest BCUT2D eigenvalue weighted by Gasteiger charge is -2.18. The largest absolute Gasteiger partial charge is 0.462 e. The van der Waals surface area contributed by atoms with Crippen LogP contribution >= 0.6 is 0 Å². The Morgan fingerprint density at radius 1 is 0.278 bits per heavy atom. The fourth-order valence-electron chi connectivity index (χ4n) is 7.93. The lowest BCUT2D eigenvalue weighted by molar-refractivity contribution is -0.167. The van der Waals surface area contributed by atoms with Gasteiger partial charge in [0.05, 0.1) is 0 Å². The van der Waals surface area contributed by atoms with Gasteiger partial charge in [-0.15, -0.1) is 0 Å². The van der Waals surface area contributed by atoms with Gasteiger partial charge in [0, 0.05) is 19.3 Å². The maximum absolute atomic E-state index is 12.9. The SMILES string of the molecule is CCCCC/C=C\C/C=C\C/C=C\C/C=C\CCCCCC(=O)OC[C@@H](COC(=O)CCCCCCC/C=C\CCCCCCCCC)OC(=O)CCCCC/C=C\C/C=C\C/C=C\C/C=C\CCCCC. The Morgan fingerprint density at radius 3 is 0.833 bits per heavy atom. The summed E-state index contributed by atoms with van der Waals surface area (Å²) in [7, 11) is 0. The van der Waals surface area contributed by atoms with E-state index in [1.54, 1.807) is 0 Å². The van der Waals surface area contributed by atoms with E-state index < -0.39 is 6.10 Å². The van der Waals surface area contributed by atoms with Crippen LogP contribution in [-0.2, 0) is 28.6 Å². The average molecular weight is 1000 g/mol. The molecule has 72 heavy (non-hydrogen) atoms. The zero-order chi connectivity index (χ0) is 52.2. The number of carbonyl (C=O) groups excluding carboxylic acids is 3. The number of carbonyl (C=O) groups is 3. The zero-order valence-corrected chi connectivity index (χ0v) is 46.9. The molecular weight excluding hydrogens is 889 g/mol. The molecule has 0 amide bonds. The van der Waals surface area contributed by atoms with Gasteiger partial charge in [-0.1, -0.05) is 226 Å². The third kappa shape index (κ3) is 57.0. The van der Waals surface area contributed by atoms with Crippen molar-refractivity contribution in [1.29, 1.82) is 0 Å². The summed E-state index contributed by atoms with van der Waals surface area (Å²) in [6.07, 6.45) is 80.7. The number of hydrogen-bond acceptors (Lipinski definition) is 6. The summed E-state index contributed by atoms with van der Waals surface area (Å²) >= 11 is 0. The Kier molecular flexibility index (Phi) is 56.4. The average Bonchev–Trinajstić information content (AvgIpc) is 3.38. The Labute approximate surface area is 444 Å². The highest BCUT2D eigenvalue weighted by Gasteiger charge is 2.19. The molecule has 0 aromatic carbocycles. The van der Waals surface area contributed by atoms with Gasteiger partial charge in [-0.2, -0.15) is 0 Å². The number of hydrogen-bond donors (Lipinski definition) is 0. The molecule has 0 aliphatic heterocycles. The molecule has 0 aliphatic rings. The number of unbranched alkanes of at least 4 members (excludes halogenated alkanes) is 24. The molecule has 0 saturated heterocycles. The van der Waals surface area contributed by atoms with Crippen LogP contribution in [0.15, 0.2) is 109 Å². The van der Waals surface area contributed by atoms with Crippen molar-refractivity contribution in [3.63, 3.8) is 0 Å². The molecule has 0 rings (SSSR count). The Balaban J connectivity index is 4.53. The number of rotatable bonds is 53. The minimum Gasteiger partial charge on any atom is -0.462 e. The van der Waals surface area contributed by atoms with Crippen molar-refractivity contribution < 1.29 is 28.6 Å². The van der Waals surface area contributed by atoms with Crippen LogP contribution in [0.4, 0.5) is 0 Å². The second kappa shape index (κ2) is 59.6. The summed E-state index contributed by atoms with van der Waals surface area (Å²) in [5.74, 6) is -0.975. The van der Waals surface area contributed by atoms with E-state index >= 15 is 0 Å². The molecule has 0 heterocycles. The molecule has 0 radical (unpaired) electrons. The Hall–Kier alpha value is -3.93. The summed E-state index contributed by atoms with van der Waals surface area (Å²) in [5.41, 5.74) is 0. The van der Waals surface area contributed by atoms with Gasteiger partial charge >= 0.3 is 17.9 Å². The second-order valence-electron chi connectivity index (χ2n) is 19.5. The van der Waals surface area contributed by atoms with E-state index in [9.17, 15) is 14.4 Å². The van der Waals surface area contributed by atoms with Crippen LogP contribution in [0.25, 0.3) is 0 Å². The fourth-order valence-corrected chi connectivity index (χ4v) is 7.93. The third-order valence-corrected chi connectivity index (χ3v) is 12.5. The molecule has 0 fully saturated rings. The number of ether oxygens (including phenoxy) is 3. The number of allylic oxidation sites excluding steroid dienone is 18. The lowest BCUT2D eigenvalue weighted by atomic mass is 10.1. The molecule has 0 aromatic rings. The predicted octanol–water partition coefficient (Wildman–Crippen LogP) is 20.3. The minimum atomic E-state index is -0.814. The lowest BCUT2D eigenvalue weighted by Crippen LogP contribution is -2.30. The Morgan fingerprint density at radius 2 is 0.500 bits per heavy atom. The van der Waals surface area contributed by atoms with Crippen molar-refractivity contribution in [2.75, 3.05) is 13.2 Å². The quantitative estimate of drug-likeness (QED) is 0.0261. The van der Waals surface area contributed by atoms with Crippen LogP contribution in [0.2, 0.25) is 0 Å². The van der Waals surface area contributed by atoms with E-state index in [0.29, 0.717) is 12.8 Å². The van der Waals surface area contributed by atoms with Gasteiger partial charge in [0.1, 0.15) is 13.2 Å². The van der Waals surface area contributed by atoms with Crippen molar-refractivity contribution in [2.45, 2.75) is 277 Å². The molecule has 0 spiro atoms. The maximum atomic E-state index is 12.9. The van der Waals surface area contributed by atoms with E-state index in [1.807, 2.05) is 0 Å². The van der Waals surface area contributed by atoms with Crippen molar-refractivity contribution in [1.82, 2.24) is 0 Å². The third-order valence-electron chi connectivity index (χ3n) is 12.5. The summed E-state index contributed by atoms with van der Waals surface area (Å²) in [4.78, 5) is 38.2. The first-order chi connectivity index (χ1) is 35.5.